The van der Waals surface area contributed by atoms with Crippen molar-refractivity contribution in [2.75, 3.05) is 0 Å². The molecule has 150 valence electrons. The molecular formula is C21H23F3N2O2. The molecule has 1 unspecified atom stereocenters. The minimum atomic E-state index is -4.44. The Morgan fingerprint density at radius 3 is 2.68 bits per heavy atom. The van der Waals surface area contributed by atoms with Crippen molar-refractivity contribution < 1.29 is 22.8 Å². The van der Waals surface area contributed by atoms with Gasteiger partial charge in [0.2, 0.25) is 0 Å². The van der Waals surface area contributed by atoms with Crippen LogP contribution in [0.25, 0.3) is 0 Å². The van der Waals surface area contributed by atoms with Gasteiger partial charge in [0.05, 0.1) is 11.6 Å². The number of alkyl halides is 3. The Morgan fingerprint density at radius 2 is 2.04 bits per heavy atom. The van der Waals surface area contributed by atoms with Gasteiger partial charge in [-0.2, -0.15) is 13.2 Å². The van der Waals surface area contributed by atoms with Crippen molar-refractivity contribution >= 4 is 11.7 Å². The lowest BCUT2D eigenvalue weighted by atomic mass is 9.93. The van der Waals surface area contributed by atoms with Crippen molar-refractivity contribution in [3.8, 4) is 0 Å². The molecule has 1 aliphatic rings. The first-order chi connectivity index (χ1) is 13.2. The molecule has 2 aromatic rings. The summed E-state index contributed by atoms with van der Waals surface area (Å²) in [5.74, 6) is -0.382. The van der Waals surface area contributed by atoms with Crippen molar-refractivity contribution in [1.82, 2.24) is 10.3 Å². The van der Waals surface area contributed by atoms with Crippen molar-refractivity contribution in [3.63, 3.8) is 0 Å². The molecule has 1 amide bonds. The van der Waals surface area contributed by atoms with Crippen LogP contribution in [0.4, 0.5) is 13.2 Å². The van der Waals surface area contributed by atoms with Crippen molar-refractivity contribution in [2.24, 2.45) is 0 Å². The molecule has 1 aromatic carbocycles. The van der Waals surface area contributed by atoms with E-state index in [0.29, 0.717) is 48.1 Å². The van der Waals surface area contributed by atoms with Crippen LogP contribution in [0.1, 0.15) is 81.9 Å². The highest BCUT2D eigenvalue weighted by Gasteiger charge is 2.31. The maximum Gasteiger partial charge on any atom is 0.416 e. The number of rotatable bonds is 5. The van der Waals surface area contributed by atoms with Gasteiger partial charge in [-0.05, 0) is 49.4 Å². The quantitative estimate of drug-likeness (QED) is 0.741. The van der Waals surface area contributed by atoms with Gasteiger partial charge in [-0.1, -0.05) is 25.5 Å². The molecule has 0 spiro atoms. The summed E-state index contributed by atoms with van der Waals surface area (Å²) in [4.78, 5) is 28.1. The Kier molecular flexibility index (Phi) is 5.63. The largest absolute Gasteiger partial charge is 0.416 e. The summed E-state index contributed by atoms with van der Waals surface area (Å²) in [6.45, 7) is 3.64. The summed E-state index contributed by atoms with van der Waals surface area (Å²) in [5, 5.41) is 2.85. The SMILES string of the molecule is CCCC(NC(=O)c1[nH]c2c(c1C)C(=O)CCC2)c1cccc(C(F)(F)F)c1. The van der Waals surface area contributed by atoms with Crippen LogP contribution in [0.3, 0.4) is 0 Å². The number of aromatic amines is 1. The molecule has 0 aliphatic heterocycles. The number of benzene rings is 1. The molecule has 1 aliphatic carbocycles. The second-order valence-corrected chi connectivity index (χ2v) is 7.19. The summed E-state index contributed by atoms with van der Waals surface area (Å²) in [5.41, 5.74) is 1.95. The standard InChI is InChI=1S/C21H23F3N2O2/c1-3-6-15(13-7-4-8-14(11-13)21(22,23)24)26-20(28)19-12(2)18-16(25-19)9-5-10-17(18)27/h4,7-8,11,15,25H,3,5-6,9-10H2,1-2H3,(H,26,28). The fourth-order valence-corrected chi connectivity index (χ4v) is 3.77. The van der Waals surface area contributed by atoms with E-state index in [9.17, 15) is 22.8 Å². The first kappa shape index (κ1) is 20.2. The van der Waals surface area contributed by atoms with Gasteiger partial charge < -0.3 is 10.3 Å². The number of carbonyl (C=O) groups is 2. The number of H-pyrrole nitrogens is 1. The zero-order valence-electron chi connectivity index (χ0n) is 15.9. The number of Topliss-reactive ketones (excluding diaryl/α,β-unsaturated/α-hetero) is 1. The molecule has 7 heteroatoms. The van der Waals surface area contributed by atoms with Gasteiger partial charge in [-0.25, -0.2) is 0 Å². The first-order valence-corrected chi connectivity index (χ1v) is 9.45. The number of halogens is 3. The molecule has 4 nitrogen and oxygen atoms in total. The van der Waals surface area contributed by atoms with E-state index in [2.05, 4.69) is 10.3 Å². The number of carbonyl (C=O) groups excluding carboxylic acids is 2. The minimum absolute atomic E-state index is 0.0250. The first-order valence-electron chi connectivity index (χ1n) is 9.45. The molecule has 1 heterocycles. The van der Waals surface area contributed by atoms with E-state index in [1.807, 2.05) is 6.92 Å². The molecule has 1 aromatic heterocycles. The molecular weight excluding hydrogens is 369 g/mol. The molecule has 3 rings (SSSR count). The maximum atomic E-state index is 13.0. The van der Waals surface area contributed by atoms with E-state index in [1.54, 1.807) is 13.0 Å². The summed E-state index contributed by atoms with van der Waals surface area (Å²) < 4.78 is 39.1. The molecule has 0 fully saturated rings. The fraction of sp³-hybridized carbons (Fsp3) is 0.429. The Labute approximate surface area is 161 Å². The Bertz CT molecular complexity index is 900. The number of hydrogen-bond donors (Lipinski definition) is 2. The lowest BCUT2D eigenvalue weighted by Gasteiger charge is -2.20. The van der Waals surface area contributed by atoms with Crippen LogP contribution in [0, 0.1) is 6.92 Å². The van der Waals surface area contributed by atoms with Crippen molar-refractivity contribution in [2.45, 2.75) is 58.2 Å². The highest BCUT2D eigenvalue weighted by molar-refractivity contribution is 6.04. The normalized spacial score (nSPS) is 15.2. The Balaban J connectivity index is 1.88. The monoisotopic (exact) mass is 392 g/mol. The highest BCUT2D eigenvalue weighted by Crippen LogP contribution is 2.32. The molecule has 28 heavy (non-hydrogen) atoms. The van der Waals surface area contributed by atoms with E-state index in [-0.39, 0.29) is 5.78 Å². The molecule has 1 atom stereocenters. The molecule has 0 saturated heterocycles. The van der Waals surface area contributed by atoms with E-state index in [0.717, 1.165) is 24.2 Å². The lowest BCUT2D eigenvalue weighted by Crippen LogP contribution is -2.29. The van der Waals surface area contributed by atoms with Gasteiger partial charge in [0.15, 0.2) is 5.78 Å². The van der Waals surface area contributed by atoms with Crippen LogP contribution in [-0.4, -0.2) is 16.7 Å². The van der Waals surface area contributed by atoms with E-state index >= 15 is 0 Å². The zero-order chi connectivity index (χ0) is 20.5. The number of ketones is 1. The van der Waals surface area contributed by atoms with Gasteiger partial charge >= 0.3 is 6.18 Å². The average Bonchev–Trinajstić information content (AvgIpc) is 2.99. The van der Waals surface area contributed by atoms with Crippen LogP contribution in [0.15, 0.2) is 24.3 Å². The third-order valence-corrected chi connectivity index (χ3v) is 5.16. The van der Waals surface area contributed by atoms with Crippen molar-refractivity contribution in [3.05, 3.63) is 57.9 Å². The Morgan fingerprint density at radius 1 is 1.29 bits per heavy atom. The molecule has 0 bridgehead atoms. The third kappa shape index (κ3) is 3.98. The predicted molar refractivity (Wildman–Crippen MR) is 99.4 cm³/mol. The number of fused-ring (bicyclic) bond motifs is 1. The maximum absolute atomic E-state index is 13.0. The second kappa shape index (κ2) is 7.81. The smallest absolute Gasteiger partial charge is 0.354 e. The summed E-state index contributed by atoms with van der Waals surface area (Å²) in [6, 6.07) is 4.49. The van der Waals surface area contributed by atoms with Crippen LogP contribution < -0.4 is 5.32 Å². The second-order valence-electron chi connectivity index (χ2n) is 7.19. The fourth-order valence-electron chi connectivity index (χ4n) is 3.77. The lowest BCUT2D eigenvalue weighted by molar-refractivity contribution is -0.137. The van der Waals surface area contributed by atoms with Gasteiger partial charge in [0.25, 0.3) is 5.91 Å². The van der Waals surface area contributed by atoms with Gasteiger partial charge in [0.1, 0.15) is 5.69 Å². The number of aromatic nitrogens is 1. The summed E-state index contributed by atoms with van der Waals surface area (Å²) in [7, 11) is 0. The van der Waals surface area contributed by atoms with Crippen LogP contribution in [-0.2, 0) is 12.6 Å². The minimum Gasteiger partial charge on any atom is -0.354 e. The third-order valence-electron chi connectivity index (χ3n) is 5.16. The number of amides is 1. The van der Waals surface area contributed by atoms with Crippen molar-refractivity contribution in [1.29, 1.82) is 0 Å². The number of aryl methyl sites for hydroxylation is 1. The summed E-state index contributed by atoms with van der Waals surface area (Å²) >= 11 is 0. The van der Waals surface area contributed by atoms with Gasteiger partial charge in [0, 0.05) is 17.7 Å². The number of hydrogen-bond acceptors (Lipinski definition) is 2. The van der Waals surface area contributed by atoms with Crippen LogP contribution in [0.2, 0.25) is 0 Å². The molecule has 0 radical (unpaired) electrons. The number of nitrogens with one attached hydrogen (secondary N) is 2. The van der Waals surface area contributed by atoms with E-state index in [4.69, 9.17) is 0 Å². The average molecular weight is 392 g/mol. The molecule has 2 N–H and O–H groups in total. The highest BCUT2D eigenvalue weighted by atomic mass is 19.4. The topological polar surface area (TPSA) is 62.0 Å². The Hall–Kier alpha value is -2.57. The van der Waals surface area contributed by atoms with Gasteiger partial charge in [-0.15, -0.1) is 0 Å². The summed E-state index contributed by atoms with van der Waals surface area (Å²) in [6.07, 6.45) is -1.32. The van der Waals surface area contributed by atoms with Crippen LogP contribution in [0.5, 0.6) is 0 Å². The molecule has 0 saturated carbocycles. The van der Waals surface area contributed by atoms with Gasteiger partial charge in [-0.3, -0.25) is 9.59 Å². The van der Waals surface area contributed by atoms with Crippen LogP contribution >= 0.6 is 0 Å². The zero-order valence-corrected chi connectivity index (χ0v) is 15.9. The van der Waals surface area contributed by atoms with E-state index < -0.39 is 23.7 Å². The predicted octanol–water partition coefficient (Wildman–Crippen LogP) is 5.13. The van der Waals surface area contributed by atoms with E-state index in [1.165, 1.54) is 6.07 Å².